The minimum absolute atomic E-state index is 0.0849. The predicted molar refractivity (Wildman–Crippen MR) is 38.2 cm³/mol. The summed E-state index contributed by atoms with van der Waals surface area (Å²) >= 11 is 0. The zero-order valence-corrected chi connectivity index (χ0v) is 6.31. The molecule has 0 aliphatic heterocycles. The molecule has 0 aliphatic carbocycles. The van der Waals surface area contributed by atoms with E-state index in [0.29, 0.717) is 6.42 Å². The molecule has 1 unspecified atom stereocenters. The Morgan fingerprint density at radius 3 is 2.70 bits per heavy atom. The van der Waals surface area contributed by atoms with Crippen molar-refractivity contribution in [3.05, 3.63) is 0 Å². The Kier molecular flexibility index (Phi) is 4.54. The Balaban J connectivity index is 3.46. The second-order valence-electron chi connectivity index (χ2n) is 2.16. The van der Waals surface area contributed by atoms with Crippen molar-refractivity contribution in [3.8, 4) is 0 Å². The van der Waals surface area contributed by atoms with Crippen molar-refractivity contribution in [1.29, 1.82) is 0 Å². The topological polar surface area (TPSA) is 46.2 Å². The molecule has 1 atom stereocenters. The second kappa shape index (κ2) is 4.97. The summed E-state index contributed by atoms with van der Waals surface area (Å²) in [6, 6.07) is -0.473. The van der Waals surface area contributed by atoms with E-state index in [2.05, 4.69) is 5.32 Å². The average Bonchev–Trinajstić information content (AvgIpc) is 1.88. The monoisotopic (exact) mass is 142 g/mol. The van der Waals surface area contributed by atoms with E-state index in [4.69, 9.17) is 0 Å². The van der Waals surface area contributed by atoms with Gasteiger partial charge in [-0.05, 0) is 13.3 Å². The SMILES string of the molecule is CCCC(=O)NC(C)[C]=O. The fourth-order valence-electron chi connectivity index (χ4n) is 0.570. The normalized spacial score (nSPS) is 12.2. The highest BCUT2D eigenvalue weighted by molar-refractivity contribution is 5.79. The molecule has 1 amide bonds. The lowest BCUT2D eigenvalue weighted by atomic mass is 10.3. The molecule has 0 aromatic rings. The van der Waals surface area contributed by atoms with Gasteiger partial charge in [0.05, 0.1) is 6.04 Å². The largest absolute Gasteiger partial charge is 0.346 e. The van der Waals surface area contributed by atoms with Crippen LogP contribution in [0, 0.1) is 0 Å². The maximum atomic E-state index is 10.7. The summed E-state index contributed by atoms with van der Waals surface area (Å²) in [7, 11) is 0. The van der Waals surface area contributed by atoms with Crippen LogP contribution in [-0.2, 0) is 9.59 Å². The third-order valence-corrected chi connectivity index (χ3v) is 1.03. The fourth-order valence-corrected chi connectivity index (χ4v) is 0.570. The Morgan fingerprint density at radius 1 is 1.70 bits per heavy atom. The molecular formula is C7H12NO2. The van der Waals surface area contributed by atoms with Crippen molar-refractivity contribution in [3.63, 3.8) is 0 Å². The van der Waals surface area contributed by atoms with E-state index in [1.165, 1.54) is 0 Å². The lowest BCUT2D eigenvalue weighted by Gasteiger charge is -2.04. The Hall–Kier alpha value is -0.860. The van der Waals surface area contributed by atoms with Gasteiger partial charge in [0, 0.05) is 6.42 Å². The molecule has 1 radical (unpaired) electrons. The van der Waals surface area contributed by atoms with Gasteiger partial charge in [-0.3, -0.25) is 9.59 Å². The van der Waals surface area contributed by atoms with E-state index < -0.39 is 6.04 Å². The van der Waals surface area contributed by atoms with Crippen molar-refractivity contribution >= 4 is 12.2 Å². The number of carbonyl (C=O) groups is 1. The summed E-state index contributed by atoms with van der Waals surface area (Å²) in [4.78, 5) is 20.6. The van der Waals surface area contributed by atoms with Crippen LogP contribution in [0.3, 0.4) is 0 Å². The molecule has 0 heterocycles. The molecule has 0 saturated heterocycles. The summed E-state index contributed by atoms with van der Waals surface area (Å²) in [5, 5.41) is 2.47. The van der Waals surface area contributed by atoms with Gasteiger partial charge in [-0.25, -0.2) is 0 Å². The molecule has 0 aliphatic rings. The summed E-state index contributed by atoms with van der Waals surface area (Å²) in [6.45, 7) is 3.51. The van der Waals surface area contributed by atoms with Crippen molar-refractivity contribution < 1.29 is 9.59 Å². The van der Waals surface area contributed by atoms with Gasteiger partial charge in [0.1, 0.15) is 0 Å². The van der Waals surface area contributed by atoms with E-state index in [1.807, 2.05) is 6.92 Å². The van der Waals surface area contributed by atoms with Gasteiger partial charge >= 0.3 is 0 Å². The Labute approximate surface area is 60.8 Å². The third-order valence-electron chi connectivity index (χ3n) is 1.03. The zero-order valence-electron chi connectivity index (χ0n) is 6.31. The van der Waals surface area contributed by atoms with Gasteiger partial charge in [-0.2, -0.15) is 0 Å². The number of hydrogen-bond acceptors (Lipinski definition) is 2. The number of carbonyl (C=O) groups excluding carboxylic acids is 2. The molecule has 0 aromatic heterocycles. The smallest absolute Gasteiger partial charge is 0.222 e. The van der Waals surface area contributed by atoms with Gasteiger partial charge in [0.25, 0.3) is 0 Å². The zero-order chi connectivity index (χ0) is 7.98. The first kappa shape index (κ1) is 9.14. The molecule has 0 fully saturated rings. The van der Waals surface area contributed by atoms with Crippen molar-refractivity contribution in [2.45, 2.75) is 32.7 Å². The van der Waals surface area contributed by atoms with Gasteiger partial charge in [-0.15, -0.1) is 0 Å². The van der Waals surface area contributed by atoms with Gasteiger partial charge in [0.2, 0.25) is 12.2 Å². The van der Waals surface area contributed by atoms with E-state index in [1.54, 1.807) is 13.2 Å². The van der Waals surface area contributed by atoms with Gasteiger partial charge in [-0.1, -0.05) is 6.92 Å². The lowest BCUT2D eigenvalue weighted by Crippen LogP contribution is -2.33. The first-order valence-electron chi connectivity index (χ1n) is 3.37. The average molecular weight is 142 g/mol. The Morgan fingerprint density at radius 2 is 2.30 bits per heavy atom. The standard InChI is InChI=1S/C7H12NO2/c1-3-4-7(10)8-6(2)5-9/h6H,3-4H2,1-2H3,(H,8,10). The van der Waals surface area contributed by atoms with Crippen LogP contribution in [0.25, 0.3) is 0 Å². The fraction of sp³-hybridized carbons (Fsp3) is 0.714. The summed E-state index contributed by atoms with van der Waals surface area (Å²) in [5.74, 6) is -0.0849. The molecule has 57 valence electrons. The molecule has 0 spiro atoms. The van der Waals surface area contributed by atoms with E-state index in [0.717, 1.165) is 6.42 Å². The minimum Gasteiger partial charge on any atom is -0.346 e. The van der Waals surface area contributed by atoms with Crippen molar-refractivity contribution in [2.75, 3.05) is 0 Å². The Bertz CT molecular complexity index is 123. The van der Waals surface area contributed by atoms with E-state index in [9.17, 15) is 9.59 Å². The van der Waals surface area contributed by atoms with Crippen LogP contribution in [0.2, 0.25) is 0 Å². The molecule has 3 nitrogen and oxygen atoms in total. The highest BCUT2D eigenvalue weighted by Gasteiger charge is 2.03. The maximum absolute atomic E-state index is 10.7. The molecule has 0 saturated carbocycles. The van der Waals surface area contributed by atoms with E-state index >= 15 is 0 Å². The van der Waals surface area contributed by atoms with Crippen LogP contribution in [0.5, 0.6) is 0 Å². The van der Waals surface area contributed by atoms with Gasteiger partial charge < -0.3 is 5.32 Å². The second-order valence-corrected chi connectivity index (χ2v) is 2.16. The first-order valence-corrected chi connectivity index (χ1v) is 3.37. The quantitative estimate of drug-likeness (QED) is 0.617. The van der Waals surface area contributed by atoms with Crippen LogP contribution in [0.4, 0.5) is 0 Å². The number of rotatable bonds is 4. The molecule has 0 rings (SSSR count). The molecule has 0 bridgehead atoms. The highest BCUT2D eigenvalue weighted by Crippen LogP contribution is 1.86. The van der Waals surface area contributed by atoms with E-state index in [-0.39, 0.29) is 5.91 Å². The van der Waals surface area contributed by atoms with Crippen LogP contribution >= 0.6 is 0 Å². The predicted octanol–water partition coefficient (Wildman–Crippen LogP) is 0.401. The summed E-state index contributed by atoms with van der Waals surface area (Å²) < 4.78 is 0. The number of nitrogens with one attached hydrogen (secondary N) is 1. The highest BCUT2D eigenvalue weighted by atomic mass is 16.2. The van der Waals surface area contributed by atoms with Crippen LogP contribution in [0.15, 0.2) is 0 Å². The van der Waals surface area contributed by atoms with Crippen LogP contribution in [-0.4, -0.2) is 18.2 Å². The van der Waals surface area contributed by atoms with Gasteiger partial charge in [0.15, 0.2) is 0 Å². The van der Waals surface area contributed by atoms with Crippen molar-refractivity contribution in [1.82, 2.24) is 5.32 Å². The first-order chi connectivity index (χ1) is 4.70. The molecular weight excluding hydrogens is 130 g/mol. The summed E-state index contributed by atoms with van der Waals surface area (Å²) in [5.41, 5.74) is 0. The molecule has 10 heavy (non-hydrogen) atoms. The third kappa shape index (κ3) is 4.06. The number of amides is 1. The summed E-state index contributed by atoms with van der Waals surface area (Å²) in [6.07, 6.45) is 2.95. The minimum atomic E-state index is -0.473. The molecule has 1 N–H and O–H groups in total. The maximum Gasteiger partial charge on any atom is 0.222 e. The number of hydrogen-bond donors (Lipinski definition) is 1. The van der Waals surface area contributed by atoms with Crippen LogP contribution in [0.1, 0.15) is 26.7 Å². The molecule has 3 heteroatoms. The molecule has 0 aromatic carbocycles. The van der Waals surface area contributed by atoms with Crippen LogP contribution < -0.4 is 5.32 Å². The van der Waals surface area contributed by atoms with Crippen molar-refractivity contribution in [2.24, 2.45) is 0 Å². The lowest BCUT2D eigenvalue weighted by molar-refractivity contribution is -0.121.